The van der Waals surface area contributed by atoms with Crippen LogP contribution in [-0.2, 0) is 4.79 Å². The normalized spacial score (nSPS) is 19.1. The highest BCUT2D eigenvalue weighted by Gasteiger charge is 2.34. The number of aryl methyl sites for hydroxylation is 2. The van der Waals surface area contributed by atoms with Crippen LogP contribution in [-0.4, -0.2) is 65.5 Å². The molecule has 7 nitrogen and oxygen atoms in total. The molecule has 2 aliphatic rings. The molecular formula is C19H21N3O4S. The van der Waals surface area contributed by atoms with Gasteiger partial charge >= 0.3 is 0 Å². The number of hydrogen-bond donors (Lipinski definition) is 0. The van der Waals surface area contributed by atoms with Crippen molar-refractivity contribution in [2.45, 2.75) is 20.0 Å². The summed E-state index contributed by atoms with van der Waals surface area (Å²) in [4.78, 5) is 34.0. The first-order valence-electron chi connectivity index (χ1n) is 8.93. The second-order valence-corrected chi connectivity index (χ2v) is 7.83. The Bertz CT molecular complexity index is 874. The number of carbonyl (C=O) groups excluding carboxylic acids is 2. The molecular weight excluding hydrogens is 366 g/mol. The van der Waals surface area contributed by atoms with Gasteiger partial charge in [0, 0.05) is 26.2 Å². The number of piperazine rings is 1. The number of hydrogen-bond acceptors (Lipinski definition) is 6. The Morgan fingerprint density at radius 3 is 2.41 bits per heavy atom. The van der Waals surface area contributed by atoms with Crippen molar-refractivity contribution in [2.24, 2.45) is 0 Å². The van der Waals surface area contributed by atoms with E-state index in [4.69, 9.17) is 9.47 Å². The van der Waals surface area contributed by atoms with E-state index in [0.29, 0.717) is 42.6 Å². The van der Waals surface area contributed by atoms with Gasteiger partial charge in [-0.3, -0.25) is 9.59 Å². The third-order valence-corrected chi connectivity index (χ3v) is 5.82. The van der Waals surface area contributed by atoms with Crippen molar-refractivity contribution >= 4 is 23.2 Å². The Labute approximate surface area is 161 Å². The third kappa shape index (κ3) is 3.49. The number of para-hydroxylation sites is 2. The molecule has 27 heavy (non-hydrogen) atoms. The number of nitrogens with zero attached hydrogens (tertiary/aromatic N) is 3. The largest absolute Gasteiger partial charge is 0.485 e. The number of thiazole rings is 1. The molecule has 2 aromatic rings. The van der Waals surface area contributed by atoms with Crippen molar-refractivity contribution < 1.29 is 19.1 Å². The average molecular weight is 387 g/mol. The highest BCUT2D eigenvalue weighted by molar-refractivity contribution is 7.13. The van der Waals surface area contributed by atoms with E-state index in [1.807, 2.05) is 32.0 Å². The summed E-state index contributed by atoms with van der Waals surface area (Å²) < 4.78 is 11.4. The molecule has 1 aromatic heterocycles. The monoisotopic (exact) mass is 387 g/mol. The van der Waals surface area contributed by atoms with Crippen LogP contribution in [0.1, 0.15) is 20.4 Å². The number of benzene rings is 1. The lowest BCUT2D eigenvalue weighted by molar-refractivity contribution is -0.142. The van der Waals surface area contributed by atoms with E-state index in [1.165, 1.54) is 11.3 Å². The third-order valence-electron chi connectivity index (χ3n) is 4.76. The minimum absolute atomic E-state index is 0.00336. The molecule has 1 atom stereocenters. The summed E-state index contributed by atoms with van der Waals surface area (Å²) in [5, 5.41) is 0.888. The molecule has 142 valence electrons. The highest BCUT2D eigenvalue weighted by atomic mass is 32.1. The van der Waals surface area contributed by atoms with E-state index >= 15 is 0 Å². The molecule has 2 aliphatic heterocycles. The average Bonchev–Trinajstić information content (AvgIpc) is 3.04. The Balaban J connectivity index is 1.36. The topological polar surface area (TPSA) is 72.0 Å². The van der Waals surface area contributed by atoms with Gasteiger partial charge < -0.3 is 19.3 Å². The maximum Gasteiger partial charge on any atom is 0.267 e. The summed E-state index contributed by atoms with van der Waals surface area (Å²) in [6.45, 7) is 5.95. The van der Waals surface area contributed by atoms with Crippen LogP contribution in [0.4, 0.5) is 0 Å². The van der Waals surface area contributed by atoms with Crippen LogP contribution in [0.5, 0.6) is 11.5 Å². The van der Waals surface area contributed by atoms with E-state index in [1.54, 1.807) is 15.9 Å². The van der Waals surface area contributed by atoms with Gasteiger partial charge in [0.15, 0.2) is 11.5 Å². The first kappa shape index (κ1) is 17.8. The van der Waals surface area contributed by atoms with E-state index in [-0.39, 0.29) is 18.4 Å². The fraction of sp³-hybridized carbons (Fsp3) is 0.421. The highest BCUT2D eigenvalue weighted by Crippen LogP contribution is 2.31. The lowest BCUT2D eigenvalue weighted by Crippen LogP contribution is -2.55. The van der Waals surface area contributed by atoms with Crippen LogP contribution in [0.15, 0.2) is 24.3 Å². The van der Waals surface area contributed by atoms with Crippen LogP contribution < -0.4 is 9.47 Å². The first-order chi connectivity index (χ1) is 13.0. The summed E-state index contributed by atoms with van der Waals surface area (Å²) >= 11 is 1.42. The van der Waals surface area contributed by atoms with Gasteiger partial charge in [0.05, 0.1) is 10.7 Å². The Morgan fingerprint density at radius 2 is 1.74 bits per heavy atom. The van der Waals surface area contributed by atoms with Crippen LogP contribution in [0.2, 0.25) is 0 Å². The van der Waals surface area contributed by atoms with Gasteiger partial charge in [0.25, 0.3) is 11.8 Å². The standard InChI is InChI=1S/C19H21N3O4S/c1-12-17(27-13(2)20-12)19(24)22-9-7-21(8-10-22)18(23)16-11-25-14-5-3-4-6-15(14)26-16/h3-6,16H,7-11H2,1-2H3/t16-/m1/s1. The Kier molecular flexibility index (Phi) is 4.73. The van der Waals surface area contributed by atoms with Gasteiger partial charge in [0.2, 0.25) is 6.10 Å². The van der Waals surface area contributed by atoms with Crippen molar-refractivity contribution in [1.82, 2.24) is 14.8 Å². The summed E-state index contributed by atoms with van der Waals surface area (Å²) in [6, 6.07) is 7.34. The van der Waals surface area contributed by atoms with Gasteiger partial charge in [0.1, 0.15) is 11.5 Å². The fourth-order valence-corrected chi connectivity index (χ4v) is 4.24. The van der Waals surface area contributed by atoms with Crippen LogP contribution in [0, 0.1) is 13.8 Å². The summed E-state index contributed by atoms with van der Waals surface area (Å²) in [6.07, 6.45) is -0.645. The zero-order valence-corrected chi connectivity index (χ0v) is 16.1. The number of rotatable bonds is 2. The summed E-state index contributed by atoms with van der Waals surface area (Å²) in [7, 11) is 0. The number of carbonyl (C=O) groups is 2. The number of fused-ring (bicyclic) bond motifs is 1. The predicted octanol–water partition coefficient (Wildman–Crippen LogP) is 1.88. The van der Waals surface area contributed by atoms with Crippen molar-refractivity contribution in [3.8, 4) is 11.5 Å². The number of amides is 2. The van der Waals surface area contributed by atoms with E-state index in [0.717, 1.165) is 10.7 Å². The fourth-order valence-electron chi connectivity index (χ4n) is 3.35. The predicted molar refractivity (Wildman–Crippen MR) is 100 cm³/mol. The summed E-state index contributed by atoms with van der Waals surface area (Å²) in [5.74, 6) is 1.15. The maximum atomic E-state index is 12.8. The molecule has 3 heterocycles. The van der Waals surface area contributed by atoms with Crippen molar-refractivity contribution in [3.63, 3.8) is 0 Å². The van der Waals surface area contributed by atoms with Crippen LogP contribution >= 0.6 is 11.3 Å². The molecule has 0 bridgehead atoms. The quantitative estimate of drug-likeness (QED) is 0.787. The molecule has 1 fully saturated rings. The molecule has 0 unspecified atom stereocenters. The second-order valence-electron chi connectivity index (χ2n) is 6.63. The van der Waals surface area contributed by atoms with Crippen LogP contribution in [0.25, 0.3) is 0 Å². The van der Waals surface area contributed by atoms with Gasteiger partial charge in [-0.05, 0) is 26.0 Å². The molecule has 2 amide bonds. The SMILES string of the molecule is Cc1nc(C)c(C(=O)N2CCN(C(=O)[C@H]3COc4ccccc4O3)CC2)s1. The first-order valence-corrected chi connectivity index (χ1v) is 9.75. The number of aromatic nitrogens is 1. The second kappa shape index (κ2) is 7.19. The zero-order valence-electron chi connectivity index (χ0n) is 15.3. The Hall–Kier alpha value is -2.61. The van der Waals surface area contributed by atoms with Gasteiger partial charge in [-0.15, -0.1) is 11.3 Å². The molecule has 0 spiro atoms. The van der Waals surface area contributed by atoms with E-state index in [9.17, 15) is 9.59 Å². The molecule has 0 radical (unpaired) electrons. The summed E-state index contributed by atoms with van der Waals surface area (Å²) in [5.41, 5.74) is 0.771. The molecule has 1 aromatic carbocycles. The van der Waals surface area contributed by atoms with Crippen LogP contribution in [0.3, 0.4) is 0 Å². The molecule has 8 heteroatoms. The van der Waals surface area contributed by atoms with E-state index in [2.05, 4.69) is 4.98 Å². The van der Waals surface area contributed by atoms with Crippen molar-refractivity contribution in [3.05, 3.63) is 39.8 Å². The van der Waals surface area contributed by atoms with Gasteiger partial charge in [-0.1, -0.05) is 12.1 Å². The smallest absolute Gasteiger partial charge is 0.267 e. The lowest BCUT2D eigenvalue weighted by atomic mass is 10.2. The zero-order chi connectivity index (χ0) is 19.0. The lowest BCUT2D eigenvalue weighted by Gasteiger charge is -2.37. The number of ether oxygens (including phenoxy) is 2. The molecule has 1 saturated heterocycles. The van der Waals surface area contributed by atoms with Crippen molar-refractivity contribution in [1.29, 1.82) is 0 Å². The Morgan fingerprint density at radius 1 is 1.07 bits per heavy atom. The van der Waals surface area contributed by atoms with E-state index < -0.39 is 6.10 Å². The molecule has 0 aliphatic carbocycles. The maximum absolute atomic E-state index is 12.8. The molecule has 0 N–H and O–H groups in total. The molecule has 4 rings (SSSR count). The minimum Gasteiger partial charge on any atom is -0.485 e. The van der Waals surface area contributed by atoms with Gasteiger partial charge in [-0.2, -0.15) is 0 Å². The minimum atomic E-state index is -0.645. The van der Waals surface area contributed by atoms with Gasteiger partial charge in [-0.25, -0.2) is 4.98 Å². The van der Waals surface area contributed by atoms with Crippen molar-refractivity contribution in [2.75, 3.05) is 32.8 Å². The molecule has 0 saturated carbocycles.